The van der Waals surface area contributed by atoms with Gasteiger partial charge in [-0.2, -0.15) is 0 Å². The number of hydrogen-bond acceptors (Lipinski definition) is 5. The molecule has 1 aliphatic heterocycles. The lowest BCUT2D eigenvalue weighted by Gasteiger charge is -2.36. The standard InChI is InChI=1S/C22H34N2O5S/c1-16-7-10-19(11-8-16)30(27,28)24-20-12-9-18(29-21(20)15-25)13-14-23-22(26)17-5-3-2-4-6-17/h7-8,10-11,17-18,20-21,24-25H,2-6,9,12-15H2,1H3,(H,23,26)/t18-,20+,21+/m0/s1. The monoisotopic (exact) mass is 438 g/mol. The molecule has 1 aromatic rings. The quantitative estimate of drug-likeness (QED) is 0.578. The maximum absolute atomic E-state index is 12.7. The Morgan fingerprint density at radius 2 is 1.80 bits per heavy atom. The van der Waals surface area contributed by atoms with Gasteiger partial charge >= 0.3 is 0 Å². The number of rotatable bonds is 8. The lowest BCUT2D eigenvalue weighted by Crippen LogP contribution is -2.51. The van der Waals surface area contributed by atoms with Crippen LogP contribution in [0.1, 0.15) is 56.9 Å². The first-order valence-electron chi connectivity index (χ1n) is 11.0. The summed E-state index contributed by atoms with van der Waals surface area (Å²) in [7, 11) is -3.68. The van der Waals surface area contributed by atoms with Gasteiger partial charge in [-0.1, -0.05) is 37.0 Å². The van der Waals surface area contributed by atoms with E-state index < -0.39 is 22.2 Å². The molecule has 0 unspecified atom stereocenters. The van der Waals surface area contributed by atoms with E-state index in [1.54, 1.807) is 24.3 Å². The number of carbonyl (C=O) groups excluding carboxylic acids is 1. The zero-order valence-electron chi connectivity index (χ0n) is 17.7. The van der Waals surface area contributed by atoms with Crippen LogP contribution in [0, 0.1) is 12.8 Å². The molecule has 30 heavy (non-hydrogen) atoms. The summed E-state index contributed by atoms with van der Waals surface area (Å²) in [5.41, 5.74) is 0.988. The van der Waals surface area contributed by atoms with Gasteiger partial charge in [0.05, 0.1) is 29.8 Å². The maximum atomic E-state index is 12.7. The SMILES string of the molecule is Cc1ccc(S(=O)(=O)N[C@@H]2CC[C@@H](CCNC(=O)C3CCCCC3)O[C@@H]2CO)cc1. The van der Waals surface area contributed by atoms with Gasteiger partial charge in [0.2, 0.25) is 15.9 Å². The average Bonchev–Trinajstić information content (AvgIpc) is 2.75. The number of sulfonamides is 1. The van der Waals surface area contributed by atoms with Crippen molar-refractivity contribution in [2.24, 2.45) is 5.92 Å². The Bertz CT molecular complexity index is 790. The van der Waals surface area contributed by atoms with E-state index in [9.17, 15) is 18.3 Å². The van der Waals surface area contributed by atoms with Crippen molar-refractivity contribution in [1.29, 1.82) is 0 Å². The Kier molecular flexibility index (Phi) is 8.27. The molecule has 1 amide bonds. The van der Waals surface area contributed by atoms with E-state index in [1.165, 1.54) is 6.42 Å². The van der Waals surface area contributed by atoms with Gasteiger partial charge < -0.3 is 15.2 Å². The number of aliphatic hydroxyl groups excluding tert-OH is 1. The smallest absolute Gasteiger partial charge is 0.240 e. The van der Waals surface area contributed by atoms with Crippen molar-refractivity contribution in [2.45, 2.75) is 81.4 Å². The molecular weight excluding hydrogens is 404 g/mol. The topological polar surface area (TPSA) is 105 Å². The number of aryl methyl sites for hydroxylation is 1. The Hall–Kier alpha value is -1.48. The predicted molar refractivity (Wildman–Crippen MR) is 114 cm³/mol. The van der Waals surface area contributed by atoms with Gasteiger partial charge in [-0.25, -0.2) is 13.1 Å². The van der Waals surface area contributed by atoms with E-state index in [2.05, 4.69) is 10.0 Å². The summed E-state index contributed by atoms with van der Waals surface area (Å²) in [4.78, 5) is 12.5. The summed E-state index contributed by atoms with van der Waals surface area (Å²) in [6.45, 7) is 2.18. The van der Waals surface area contributed by atoms with E-state index in [0.29, 0.717) is 25.8 Å². The Labute approximate surface area is 179 Å². The van der Waals surface area contributed by atoms with Crippen LogP contribution in [0.3, 0.4) is 0 Å². The van der Waals surface area contributed by atoms with Crippen LogP contribution in [-0.2, 0) is 19.6 Å². The summed E-state index contributed by atoms with van der Waals surface area (Å²) in [5.74, 6) is 0.268. The molecular formula is C22H34N2O5S. The third kappa shape index (κ3) is 6.26. The lowest BCUT2D eigenvalue weighted by molar-refractivity contribution is -0.126. The van der Waals surface area contributed by atoms with Crippen molar-refractivity contribution in [3.05, 3.63) is 29.8 Å². The molecule has 0 bridgehead atoms. The molecule has 7 nitrogen and oxygen atoms in total. The number of aliphatic hydroxyl groups is 1. The number of nitrogens with one attached hydrogen (secondary N) is 2. The van der Waals surface area contributed by atoms with Gasteiger partial charge in [-0.05, 0) is 51.2 Å². The summed E-state index contributed by atoms with van der Waals surface area (Å²) >= 11 is 0. The third-order valence-corrected chi connectivity index (χ3v) is 7.68. The summed E-state index contributed by atoms with van der Waals surface area (Å²) in [6.07, 6.45) is 6.64. The van der Waals surface area contributed by atoms with Crippen LogP contribution in [0.2, 0.25) is 0 Å². The van der Waals surface area contributed by atoms with Crippen molar-refractivity contribution < 1.29 is 23.1 Å². The number of ether oxygens (including phenoxy) is 1. The zero-order valence-corrected chi connectivity index (χ0v) is 18.5. The van der Waals surface area contributed by atoms with Gasteiger partial charge in [0.25, 0.3) is 0 Å². The molecule has 0 spiro atoms. The number of hydrogen-bond donors (Lipinski definition) is 3. The minimum absolute atomic E-state index is 0.103. The first-order valence-corrected chi connectivity index (χ1v) is 12.5. The molecule has 3 atom stereocenters. The minimum atomic E-state index is -3.68. The van der Waals surface area contributed by atoms with Crippen LogP contribution in [0.25, 0.3) is 0 Å². The fraction of sp³-hybridized carbons (Fsp3) is 0.682. The number of amides is 1. The van der Waals surface area contributed by atoms with E-state index >= 15 is 0 Å². The van der Waals surface area contributed by atoms with Crippen molar-refractivity contribution in [3.63, 3.8) is 0 Å². The van der Waals surface area contributed by atoms with E-state index in [1.807, 2.05) is 6.92 Å². The second-order valence-corrected chi connectivity index (χ2v) is 10.2. The van der Waals surface area contributed by atoms with Crippen LogP contribution in [0.4, 0.5) is 0 Å². The van der Waals surface area contributed by atoms with Crippen molar-refractivity contribution in [1.82, 2.24) is 10.0 Å². The summed E-state index contributed by atoms with van der Waals surface area (Å²) in [6, 6.07) is 6.19. The average molecular weight is 439 g/mol. The van der Waals surface area contributed by atoms with Crippen LogP contribution < -0.4 is 10.0 Å². The van der Waals surface area contributed by atoms with Crippen LogP contribution in [-0.4, -0.2) is 50.8 Å². The maximum Gasteiger partial charge on any atom is 0.240 e. The fourth-order valence-electron chi connectivity index (χ4n) is 4.33. The number of carbonyl (C=O) groups is 1. The Morgan fingerprint density at radius 3 is 2.47 bits per heavy atom. The Balaban J connectivity index is 1.47. The van der Waals surface area contributed by atoms with Gasteiger partial charge in [-0.3, -0.25) is 4.79 Å². The van der Waals surface area contributed by atoms with Crippen molar-refractivity contribution in [2.75, 3.05) is 13.2 Å². The van der Waals surface area contributed by atoms with Gasteiger partial charge in [0.1, 0.15) is 0 Å². The molecule has 1 heterocycles. The first-order chi connectivity index (χ1) is 14.4. The Morgan fingerprint density at radius 1 is 1.10 bits per heavy atom. The fourth-order valence-corrected chi connectivity index (χ4v) is 5.63. The minimum Gasteiger partial charge on any atom is -0.394 e. The molecule has 2 aliphatic rings. The molecule has 0 aromatic heterocycles. The second kappa shape index (κ2) is 10.7. The highest BCUT2D eigenvalue weighted by Crippen LogP contribution is 2.25. The summed E-state index contributed by atoms with van der Waals surface area (Å²) < 4.78 is 33.9. The zero-order chi connectivity index (χ0) is 21.6. The predicted octanol–water partition coefficient (Wildman–Crippen LogP) is 2.27. The van der Waals surface area contributed by atoms with Gasteiger partial charge in [-0.15, -0.1) is 0 Å². The van der Waals surface area contributed by atoms with Gasteiger partial charge in [0, 0.05) is 12.5 Å². The molecule has 3 N–H and O–H groups in total. The highest BCUT2D eigenvalue weighted by atomic mass is 32.2. The molecule has 1 saturated carbocycles. The largest absolute Gasteiger partial charge is 0.394 e. The molecule has 8 heteroatoms. The van der Waals surface area contributed by atoms with E-state index in [4.69, 9.17) is 4.74 Å². The normalized spacial score (nSPS) is 25.7. The molecule has 2 fully saturated rings. The first kappa shape index (κ1) is 23.2. The molecule has 0 radical (unpaired) electrons. The van der Waals surface area contributed by atoms with Crippen molar-refractivity contribution in [3.8, 4) is 0 Å². The molecule has 1 aliphatic carbocycles. The molecule has 1 aromatic carbocycles. The van der Waals surface area contributed by atoms with Crippen LogP contribution in [0.15, 0.2) is 29.2 Å². The molecule has 3 rings (SSSR count). The van der Waals surface area contributed by atoms with Crippen LogP contribution in [0.5, 0.6) is 0 Å². The van der Waals surface area contributed by atoms with Crippen molar-refractivity contribution >= 4 is 15.9 Å². The van der Waals surface area contributed by atoms with Crippen LogP contribution >= 0.6 is 0 Å². The highest BCUT2D eigenvalue weighted by molar-refractivity contribution is 7.89. The second-order valence-electron chi connectivity index (χ2n) is 8.51. The third-order valence-electron chi connectivity index (χ3n) is 6.17. The highest BCUT2D eigenvalue weighted by Gasteiger charge is 2.34. The molecule has 168 valence electrons. The van der Waals surface area contributed by atoms with E-state index in [-0.39, 0.29) is 29.4 Å². The number of benzene rings is 1. The van der Waals surface area contributed by atoms with Gasteiger partial charge in [0.15, 0.2) is 0 Å². The molecule has 1 saturated heterocycles. The lowest BCUT2D eigenvalue weighted by atomic mass is 9.88. The summed E-state index contributed by atoms with van der Waals surface area (Å²) in [5, 5.41) is 12.8. The van der Waals surface area contributed by atoms with E-state index in [0.717, 1.165) is 31.2 Å².